The summed E-state index contributed by atoms with van der Waals surface area (Å²) in [5, 5.41) is 10.8. The van der Waals surface area contributed by atoms with Crippen LogP contribution in [0.25, 0.3) is 0 Å². The zero-order valence-corrected chi connectivity index (χ0v) is 18.9. The number of fused-ring (bicyclic) bond motifs is 3. The van der Waals surface area contributed by atoms with Crippen LogP contribution in [0.4, 0.5) is 0 Å². The molecular formula is C22H32BrNO4. The summed E-state index contributed by atoms with van der Waals surface area (Å²) < 4.78 is 19.1. The Morgan fingerprint density at radius 2 is 2.00 bits per heavy atom. The zero-order chi connectivity index (χ0) is 20.1. The topological polar surface area (TPSA) is 51.2 Å². The van der Waals surface area contributed by atoms with Gasteiger partial charge in [0.2, 0.25) is 0 Å². The van der Waals surface area contributed by atoms with Gasteiger partial charge in [-0.25, -0.2) is 0 Å². The van der Waals surface area contributed by atoms with Gasteiger partial charge in [0.25, 0.3) is 0 Å². The fourth-order valence-corrected chi connectivity index (χ4v) is 5.26. The summed E-state index contributed by atoms with van der Waals surface area (Å²) in [4.78, 5) is 2.45. The van der Waals surface area contributed by atoms with E-state index in [0.29, 0.717) is 12.5 Å². The lowest BCUT2D eigenvalue weighted by Crippen LogP contribution is -2.53. The Labute approximate surface area is 176 Å². The first kappa shape index (κ1) is 20.5. The quantitative estimate of drug-likeness (QED) is 0.738. The third-order valence-electron chi connectivity index (χ3n) is 6.14. The second-order valence-electron chi connectivity index (χ2n) is 9.29. The van der Waals surface area contributed by atoms with E-state index in [1.165, 1.54) is 17.5 Å². The molecule has 0 unspecified atom stereocenters. The molecule has 1 aliphatic carbocycles. The van der Waals surface area contributed by atoms with Gasteiger partial charge in [-0.1, -0.05) is 0 Å². The van der Waals surface area contributed by atoms with Crippen molar-refractivity contribution in [2.75, 3.05) is 20.2 Å². The van der Waals surface area contributed by atoms with Crippen molar-refractivity contribution in [1.82, 2.24) is 4.90 Å². The van der Waals surface area contributed by atoms with E-state index in [0.717, 1.165) is 48.3 Å². The van der Waals surface area contributed by atoms with Gasteiger partial charge >= 0.3 is 0 Å². The van der Waals surface area contributed by atoms with Crippen LogP contribution in [-0.2, 0) is 11.2 Å². The number of nitrogens with zero attached hydrogens (tertiary/aromatic N) is 1. The van der Waals surface area contributed by atoms with Crippen LogP contribution >= 0.6 is 15.9 Å². The van der Waals surface area contributed by atoms with Crippen molar-refractivity contribution in [3.05, 3.63) is 21.7 Å². The van der Waals surface area contributed by atoms with Crippen molar-refractivity contribution in [2.45, 2.75) is 82.8 Å². The Morgan fingerprint density at radius 3 is 2.61 bits per heavy atom. The van der Waals surface area contributed by atoms with Gasteiger partial charge in [-0.2, -0.15) is 0 Å². The SMILES string of the molecule is COc1cc2c(c(Br)c1OC1CCC1)CCN1C[C@@H](OC(C)(C)C)[C@H](O)C[C@H]21. The molecule has 1 aromatic carbocycles. The molecule has 6 heteroatoms. The van der Waals surface area contributed by atoms with Gasteiger partial charge in [-0.3, -0.25) is 4.90 Å². The lowest BCUT2D eigenvalue weighted by atomic mass is 9.84. The highest BCUT2D eigenvalue weighted by Gasteiger charge is 2.41. The number of hydrogen-bond acceptors (Lipinski definition) is 5. The molecule has 1 aromatic rings. The van der Waals surface area contributed by atoms with Gasteiger partial charge < -0.3 is 19.3 Å². The Hall–Kier alpha value is -0.820. The maximum Gasteiger partial charge on any atom is 0.176 e. The van der Waals surface area contributed by atoms with E-state index in [2.05, 4.69) is 26.9 Å². The second-order valence-corrected chi connectivity index (χ2v) is 10.1. The van der Waals surface area contributed by atoms with E-state index in [1.54, 1.807) is 7.11 Å². The molecule has 5 nitrogen and oxygen atoms in total. The van der Waals surface area contributed by atoms with Gasteiger partial charge in [0.05, 0.1) is 35.5 Å². The standard InChI is InChI=1S/C22H32BrNO4/c1-22(2,3)28-19-12-24-9-8-14-15(16(24)11-17(19)25)10-18(26-4)21(20(14)23)27-13-6-5-7-13/h10,13,16-17,19,25H,5-9,11-12H2,1-4H3/t16-,17-,19-/m1/s1. The molecule has 0 spiro atoms. The summed E-state index contributed by atoms with van der Waals surface area (Å²) in [6.45, 7) is 7.85. The number of methoxy groups -OCH3 is 1. The molecule has 0 bridgehead atoms. The molecule has 1 saturated heterocycles. The summed E-state index contributed by atoms with van der Waals surface area (Å²) >= 11 is 3.81. The summed E-state index contributed by atoms with van der Waals surface area (Å²) in [5.41, 5.74) is 2.27. The highest BCUT2D eigenvalue weighted by Crippen LogP contribution is 2.48. The first-order valence-corrected chi connectivity index (χ1v) is 11.2. The maximum absolute atomic E-state index is 10.8. The van der Waals surface area contributed by atoms with Gasteiger partial charge in [-0.05, 0) is 86.0 Å². The van der Waals surface area contributed by atoms with Crippen molar-refractivity contribution >= 4 is 15.9 Å². The third-order valence-corrected chi connectivity index (χ3v) is 6.98. The first-order chi connectivity index (χ1) is 13.3. The molecule has 2 aliphatic heterocycles. The summed E-state index contributed by atoms with van der Waals surface area (Å²) in [5.74, 6) is 1.62. The summed E-state index contributed by atoms with van der Waals surface area (Å²) in [6, 6.07) is 2.31. The van der Waals surface area contributed by atoms with Crippen molar-refractivity contribution < 1.29 is 19.3 Å². The monoisotopic (exact) mass is 453 g/mol. The first-order valence-electron chi connectivity index (χ1n) is 10.4. The number of halogens is 1. The van der Waals surface area contributed by atoms with Crippen LogP contribution in [0.5, 0.6) is 11.5 Å². The minimum absolute atomic E-state index is 0.149. The van der Waals surface area contributed by atoms with Crippen molar-refractivity contribution in [1.29, 1.82) is 0 Å². The molecule has 1 saturated carbocycles. The highest BCUT2D eigenvalue weighted by molar-refractivity contribution is 9.10. The molecule has 3 atom stereocenters. The number of ether oxygens (including phenoxy) is 3. The fourth-order valence-electron chi connectivity index (χ4n) is 4.54. The molecule has 0 aromatic heterocycles. The number of aliphatic hydroxyl groups is 1. The molecule has 28 heavy (non-hydrogen) atoms. The molecule has 3 aliphatic rings. The van der Waals surface area contributed by atoms with E-state index in [9.17, 15) is 5.11 Å². The summed E-state index contributed by atoms with van der Waals surface area (Å²) in [7, 11) is 1.70. The Morgan fingerprint density at radius 1 is 1.25 bits per heavy atom. The van der Waals surface area contributed by atoms with Gasteiger partial charge in [0.15, 0.2) is 11.5 Å². The average molecular weight is 454 g/mol. The highest BCUT2D eigenvalue weighted by atomic mass is 79.9. The molecule has 1 N–H and O–H groups in total. The van der Waals surface area contributed by atoms with Crippen molar-refractivity contribution in [3.63, 3.8) is 0 Å². The predicted molar refractivity (Wildman–Crippen MR) is 112 cm³/mol. The Kier molecular flexibility index (Phi) is 5.69. The second kappa shape index (κ2) is 7.78. The molecule has 2 heterocycles. The van der Waals surface area contributed by atoms with Crippen LogP contribution in [0.3, 0.4) is 0 Å². The van der Waals surface area contributed by atoms with E-state index in [-0.39, 0.29) is 17.7 Å². The molecule has 2 fully saturated rings. The van der Waals surface area contributed by atoms with E-state index < -0.39 is 6.10 Å². The summed E-state index contributed by atoms with van der Waals surface area (Å²) in [6.07, 6.45) is 4.78. The van der Waals surface area contributed by atoms with Gasteiger partial charge in [0.1, 0.15) is 0 Å². The smallest absolute Gasteiger partial charge is 0.176 e. The van der Waals surface area contributed by atoms with Gasteiger partial charge in [-0.15, -0.1) is 0 Å². The van der Waals surface area contributed by atoms with Crippen molar-refractivity contribution in [2.24, 2.45) is 0 Å². The number of hydrogen-bond donors (Lipinski definition) is 1. The Bertz CT molecular complexity index is 728. The fraction of sp³-hybridized carbons (Fsp3) is 0.727. The average Bonchev–Trinajstić information content (AvgIpc) is 2.58. The van der Waals surface area contributed by atoms with Crippen LogP contribution in [0.1, 0.15) is 63.6 Å². The minimum atomic E-state index is -0.470. The minimum Gasteiger partial charge on any atom is -0.493 e. The normalized spacial score (nSPS) is 28.3. The lowest BCUT2D eigenvalue weighted by Gasteiger charge is -2.47. The number of rotatable bonds is 4. The van der Waals surface area contributed by atoms with Crippen LogP contribution < -0.4 is 9.47 Å². The predicted octanol–water partition coefficient (Wildman–Crippen LogP) is 4.24. The molecule has 156 valence electrons. The third kappa shape index (κ3) is 3.93. The van der Waals surface area contributed by atoms with E-state index in [4.69, 9.17) is 14.2 Å². The Balaban J connectivity index is 1.61. The maximum atomic E-state index is 10.8. The lowest BCUT2D eigenvalue weighted by molar-refractivity contribution is -0.149. The van der Waals surface area contributed by atoms with Crippen LogP contribution in [-0.4, -0.2) is 54.1 Å². The number of aliphatic hydroxyl groups excluding tert-OH is 1. The molecule has 0 radical (unpaired) electrons. The molecule has 0 amide bonds. The van der Waals surface area contributed by atoms with Crippen LogP contribution in [0.15, 0.2) is 10.5 Å². The van der Waals surface area contributed by atoms with Gasteiger partial charge in [0, 0.05) is 19.1 Å². The molecule has 4 rings (SSSR count). The largest absolute Gasteiger partial charge is 0.493 e. The number of benzene rings is 1. The van der Waals surface area contributed by atoms with Crippen LogP contribution in [0, 0.1) is 0 Å². The van der Waals surface area contributed by atoms with E-state index >= 15 is 0 Å². The molecular weight excluding hydrogens is 422 g/mol. The zero-order valence-electron chi connectivity index (χ0n) is 17.3. The number of piperidine rings is 1. The van der Waals surface area contributed by atoms with Crippen molar-refractivity contribution in [3.8, 4) is 11.5 Å². The van der Waals surface area contributed by atoms with E-state index in [1.807, 2.05) is 20.8 Å². The van der Waals surface area contributed by atoms with Crippen LogP contribution in [0.2, 0.25) is 0 Å².